The van der Waals surface area contributed by atoms with E-state index in [9.17, 15) is 4.79 Å². The molecule has 0 unspecified atom stereocenters. The van der Waals surface area contributed by atoms with E-state index in [1.807, 2.05) is 18.2 Å². The zero-order chi connectivity index (χ0) is 24.8. The van der Waals surface area contributed by atoms with Crippen LogP contribution < -0.4 is 0 Å². The summed E-state index contributed by atoms with van der Waals surface area (Å²) in [5.74, 6) is 0.206. The van der Waals surface area contributed by atoms with Crippen LogP contribution >= 0.6 is 0 Å². The van der Waals surface area contributed by atoms with Gasteiger partial charge in [-0.2, -0.15) is 14.9 Å². The van der Waals surface area contributed by atoms with Gasteiger partial charge in [0.2, 0.25) is 0 Å². The first kappa shape index (κ1) is 23.1. The molecule has 34 heavy (non-hydrogen) atoms. The van der Waals surface area contributed by atoms with Crippen LogP contribution in [0.3, 0.4) is 0 Å². The number of nitrogens with zero attached hydrogens (tertiary/aromatic N) is 4. The predicted octanol–water partition coefficient (Wildman–Crippen LogP) is 6.53. The highest BCUT2D eigenvalue weighted by molar-refractivity contribution is 5.96. The maximum absolute atomic E-state index is 14.3. The molecule has 2 aromatic heterocycles. The lowest BCUT2D eigenvalue weighted by molar-refractivity contribution is 0.0928. The Balaban J connectivity index is 1.76. The number of benzene rings is 1. The molecule has 2 heterocycles. The third kappa shape index (κ3) is 3.01. The highest BCUT2D eigenvalue weighted by Crippen LogP contribution is 2.68. The van der Waals surface area contributed by atoms with Gasteiger partial charge in [0.15, 0.2) is 5.69 Å². The molecule has 2 atom stereocenters. The highest BCUT2D eigenvalue weighted by Gasteiger charge is 2.63. The fourth-order valence-corrected chi connectivity index (χ4v) is 6.17. The summed E-state index contributed by atoms with van der Waals surface area (Å²) in [5, 5.41) is 9.90. The average molecular weight is 459 g/mol. The van der Waals surface area contributed by atoms with Crippen molar-refractivity contribution in [2.24, 2.45) is 5.41 Å². The van der Waals surface area contributed by atoms with Crippen molar-refractivity contribution in [1.82, 2.24) is 19.6 Å². The fraction of sp³-hybridized carbons (Fsp3) is 0.552. The molecule has 2 aliphatic carbocycles. The minimum Gasteiger partial charge on any atom is -0.265 e. The molecule has 0 N–H and O–H groups in total. The Morgan fingerprint density at radius 2 is 1.62 bits per heavy atom. The van der Waals surface area contributed by atoms with E-state index in [1.165, 1.54) is 5.69 Å². The lowest BCUT2D eigenvalue weighted by Gasteiger charge is -2.35. The van der Waals surface area contributed by atoms with E-state index in [0.717, 1.165) is 35.5 Å². The van der Waals surface area contributed by atoms with Crippen molar-refractivity contribution in [2.45, 2.75) is 97.3 Å². The first-order valence-corrected chi connectivity index (χ1v) is 12.5. The van der Waals surface area contributed by atoms with Gasteiger partial charge in [0.1, 0.15) is 0 Å². The van der Waals surface area contributed by atoms with Crippen molar-refractivity contribution in [1.29, 1.82) is 0 Å². The van der Waals surface area contributed by atoms with Gasteiger partial charge in [-0.25, -0.2) is 4.68 Å². The topological polar surface area (TPSA) is 52.7 Å². The van der Waals surface area contributed by atoms with E-state index < -0.39 is 0 Å². The Morgan fingerprint density at radius 1 is 0.971 bits per heavy atom. The van der Waals surface area contributed by atoms with Crippen LogP contribution in [-0.4, -0.2) is 25.5 Å². The van der Waals surface area contributed by atoms with E-state index in [4.69, 9.17) is 10.2 Å². The van der Waals surface area contributed by atoms with Crippen LogP contribution in [-0.2, 0) is 16.2 Å². The van der Waals surface area contributed by atoms with E-state index in [0.29, 0.717) is 11.6 Å². The van der Waals surface area contributed by atoms with Gasteiger partial charge >= 0.3 is 0 Å². The van der Waals surface area contributed by atoms with E-state index >= 15 is 0 Å². The van der Waals surface area contributed by atoms with Crippen LogP contribution in [0.15, 0.2) is 36.4 Å². The molecule has 5 nitrogen and oxygen atoms in total. The van der Waals surface area contributed by atoms with Gasteiger partial charge in [-0.15, -0.1) is 0 Å². The SMILES string of the molecule is CC(C)(C)c1cc(C(C)(C)C)n(C(=O)c2nn(-c3ccccc3)c3c2[C@H]2CC[C@]3(C)C2(C)C)n1. The predicted molar refractivity (Wildman–Crippen MR) is 136 cm³/mol. The fourth-order valence-electron chi connectivity index (χ4n) is 6.17. The summed E-state index contributed by atoms with van der Waals surface area (Å²) in [6.45, 7) is 19.9. The molecule has 0 aliphatic heterocycles. The van der Waals surface area contributed by atoms with Crippen LogP contribution in [0.4, 0.5) is 0 Å². The zero-order valence-electron chi connectivity index (χ0n) is 22.2. The minimum atomic E-state index is -0.221. The molecule has 180 valence electrons. The molecule has 0 spiro atoms. The first-order chi connectivity index (χ1) is 15.7. The summed E-state index contributed by atoms with van der Waals surface area (Å²) in [7, 11) is 0. The molecule has 2 bridgehead atoms. The molecule has 2 aliphatic rings. The molecule has 0 radical (unpaired) electrons. The molecular weight excluding hydrogens is 420 g/mol. The lowest BCUT2D eigenvalue weighted by atomic mass is 9.70. The molecule has 0 amide bonds. The summed E-state index contributed by atoms with van der Waals surface area (Å²) in [4.78, 5) is 14.3. The quantitative estimate of drug-likeness (QED) is 0.439. The maximum atomic E-state index is 14.3. The van der Waals surface area contributed by atoms with Crippen LogP contribution in [0.2, 0.25) is 0 Å². The first-order valence-electron chi connectivity index (χ1n) is 12.5. The Hall–Kier alpha value is -2.69. The molecule has 3 aromatic rings. The van der Waals surface area contributed by atoms with Gasteiger partial charge in [-0.3, -0.25) is 4.79 Å². The van der Waals surface area contributed by atoms with Gasteiger partial charge in [-0.1, -0.05) is 80.5 Å². The number of carbonyl (C=O) groups is 1. The molecule has 1 saturated carbocycles. The van der Waals surface area contributed by atoms with Gasteiger partial charge in [0, 0.05) is 21.8 Å². The van der Waals surface area contributed by atoms with E-state index in [1.54, 1.807) is 4.68 Å². The van der Waals surface area contributed by atoms with Crippen LogP contribution in [0.5, 0.6) is 0 Å². The summed E-state index contributed by atoms with van der Waals surface area (Å²) in [6, 6.07) is 12.3. The third-order valence-electron chi connectivity index (χ3n) is 8.66. The second-order valence-electron chi connectivity index (χ2n) is 13.1. The van der Waals surface area contributed by atoms with Gasteiger partial charge < -0.3 is 0 Å². The molecule has 1 aromatic carbocycles. The zero-order valence-corrected chi connectivity index (χ0v) is 22.2. The summed E-state index contributed by atoms with van der Waals surface area (Å²) >= 11 is 0. The standard InChI is InChI=1S/C29H38N4O/c1-26(2,3)20-17-21(27(4,5)6)33(30-20)25(34)23-22-19-15-16-29(9,28(19,7)8)24(22)32(31-23)18-13-11-10-12-14-18/h10-14,17,19H,15-16H2,1-9H3/t19-,29+/m1/s1. The Kier molecular flexibility index (Phi) is 4.70. The smallest absolute Gasteiger partial charge is 0.265 e. The number of hydrogen-bond donors (Lipinski definition) is 0. The molecule has 0 saturated heterocycles. The minimum absolute atomic E-state index is 0.0259. The number of rotatable bonds is 2. The Bertz CT molecular complexity index is 1280. The summed E-state index contributed by atoms with van der Waals surface area (Å²) in [5.41, 5.74) is 5.46. The highest BCUT2D eigenvalue weighted by atomic mass is 16.2. The number of carbonyl (C=O) groups excluding carboxylic acids is 1. The van der Waals surface area contributed by atoms with Gasteiger partial charge in [0.25, 0.3) is 5.91 Å². The van der Waals surface area contributed by atoms with E-state index in [-0.39, 0.29) is 27.6 Å². The number of fused-ring (bicyclic) bond motifs is 5. The van der Waals surface area contributed by atoms with Crippen LogP contribution in [0.25, 0.3) is 5.69 Å². The van der Waals surface area contributed by atoms with E-state index in [2.05, 4.69) is 85.2 Å². The summed E-state index contributed by atoms with van der Waals surface area (Å²) in [6.07, 6.45) is 2.21. The van der Waals surface area contributed by atoms with Crippen molar-refractivity contribution in [3.8, 4) is 5.69 Å². The molecule has 1 fully saturated rings. The van der Waals surface area contributed by atoms with Crippen molar-refractivity contribution in [2.75, 3.05) is 0 Å². The average Bonchev–Trinajstić information content (AvgIpc) is 3.45. The van der Waals surface area contributed by atoms with Crippen molar-refractivity contribution in [3.63, 3.8) is 0 Å². The molecule has 5 rings (SSSR count). The molecular formula is C29H38N4O. The van der Waals surface area contributed by atoms with Crippen molar-refractivity contribution in [3.05, 3.63) is 64.7 Å². The Morgan fingerprint density at radius 3 is 2.21 bits per heavy atom. The summed E-state index contributed by atoms with van der Waals surface area (Å²) < 4.78 is 3.69. The lowest BCUT2D eigenvalue weighted by Crippen LogP contribution is -2.33. The van der Waals surface area contributed by atoms with Crippen LogP contribution in [0.1, 0.15) is 114 Å². The third-order valence-corrected chi connectivity index (χ3v) is 8.66. The number of hydrogen-bond acceptors (Lipinski definition) is 3. The largest absolute Gasteiger partial charge is 0.299 e. The second kappa shape index (κ2) is 6.93. The van der Waals surface area contributed by atoms with Gasteiger partial charge in [0.05, 0.1) is 22.8 Å². The van der Waals surface area contributed by atoms with Crippen LogP contribution in [0, 0.1) is 5.41 Å². The van der Waals surface area contributed by atoms with Gasteiger partial charge in [-0.05, 0) is 42.4 Å². The second-order valence-corrected chi connectivity index (χ2v) is 13.1. The Labute approximate surface area is 203 Å². The number of para-hydroxylation sites is 1. The van der Waals surface area contributed by atoms with Crippen molar-refractivity contribution < 1.29 is 4.79 Å². The monoisotopic (exact) mass is 458 g/mol. The normalized spacial score (nSPS) is 23.4. The molecule has 5 heteroatoms. The van der Waals surface area contributed by atoms with Crippen molar-refractivity contribution >= 4 is 5.91 Å². The maximum Gasteiger partial charge on any atom is 0.299 e. The number of aromatic nitrogens is 4.